The van der Waals surface area contributed by atoms with Crippen LogP contribution in [0.1, 0.15) is 20.8 Å². The van der Waals surface area contributed by atoms with Crippen LogP contribution >= 0.6 is 0 Å². The Hall–Kier alpha value is -0.120. The van der Waals surface area contributed by atoms with E-state index in [1.165, 1.54) is 0 Å². The Labute approximate surface area is 82.4 Å². The van der Waals surface area contributed by atoms with Crippen molar-refractivity contribution in [3.63, 3.8) is 0 Å². The van der Waals surface area contributed by atoms with E-state index in [1.807, 2.05) is 20.9 Å². The van der Waals surface area contributed by atoms with Gasteiger partial charge in [-0.3, -0.25) is 4.90 Å². The average molecular weight is 188 g/mol. The summed E-state index contributed by atoms with van der Waals surface area (Å²) in [7, 11) is 2.00. The fourth-order valence-electron chi connectivity index (χ4n) is 1.44. The first-order chi connectivity index (χ1) is 6.34. The summed E-state index contributed by atoms with van der Waals surface area (Å²) in [6.45, 7) is 11.3. The summed E-state index contributed by atoms with van der Waals surface area (Å²) in [6, 6.07) is 0.642. The van der Waals surface area contributed by atoms with Crippen LogP contribution in [0.2, 0.25) is 0 Å². The lowest BCUT2D eigenvalue weighted by molar-refractivity contribution is 0.0207. The van der Waals surface area contributed by atoms with Gasteiger partial charge in [0, 0.05) is 25.7 Å². The van der Waals surface area contributed by atoms with Gasteiger partial charge >= 0.3 is 0 Å². The Balaban J connectivity index is 0.000000671. The first-order valence-electron chi connectivity index (χ1n) is 5.31. The molecule has 80 valence electrons. The molecule has 0 amide bonds. The molecule has 1 aliphatic rings. The van der Waals surface area contributed by atoms with Gasteiger partial charge in [-0.15, -0.1) is 0 Å². The summed E-state index contributed by atoms with van der Waals surface area (Å²) >= 11 is 0. The summed E-state index contributed by atoms with van der Waals surface area (Å²) in [5, 5.41) is 3.18. The van der Waals surface area contributed by atoms with E-state index < -0.39 is 0 Å². The van der Waals surface area contributed by atoms with Gasteiger partial charge in [0.05, 0.1) is 13.2 Å². The highest BCUT2D eigenvalue weighted by atomic mass is 16.5. The number of likely N-dealkylation sites (N-methyl/N-ethyl adjacent to an activating group) is 1. The minimum atomic E-state index is 0.642. The van der Waals surface area contributed by atoms with Gasteiger partial charge in [0.1, 0.15) is 0 Å². The van der Waals surface area contributed by atoms with Gasteiger partial charge in [-0.05, 0) is 14.0 Å². The maximum Gasteiger partial charge on any atom is 0.0594 e. The number of hydrogen-bond acceptors (Lipinski definition) is 3. The second-order valence-electron chi connectivity index (χ2n) is 3.06. The van der Waals surface area contributed by atoms with Crippen molar-refractivity contribution in [2.24, 2.45) is 0 Å². The Morgan fingerprint density at radius 2 is 1.85 bits per heavy atom. The molecule has 1 N–H and O–H groups in total. The molecule has 1 fully saturated rings. The van der Waals surface area contributed by atoms with Crippen molar-refractivity contribution in [1.29, 1.82) is 0 Å². The molecule has 0 bridgehead atoms. The van der Waals surface area contributed by atoms with Gasteiger partial charge in [0.25, 0.3) is 0 Å². The lowest BCUT2D eigenvalue weighted by atomic mass is 10.2. The SMILES string of the molecule is CC.CNCC(C)N1CCOCC1. The van der Waals surface area contributed by atoms with Crippen molar-refractivity contribution < 1.29 is 4.74 Å². The average Bonchev–Trinajstić information content (AvgIpc) is 2.23. The van der Waals surface area contributed by atoms with Crippen molar-refractivity contribution in [1.82, 2.24) is 10.2 Å². The van der Waals surface area contributed by atoms with Crippen LogP contribution < -0.4 is 5.32 Å². The van der Waals surface area contributed by atoms with Crippen molar-refractivity contribution in [3.8, 4) is 0 Å². The highest BCUT2D eigenvalue weighted by Gasteiger charge is 2.15. The smallest absolute Gasteiger partial charge is 0.0594 e. The van der Waals surface area contributed by atoms with Gasteiger partial charge in [0.15, 0.2) is 0 Å². The van der Waals surface area contributed by atoms with Gasteiger partial charge < -0.3 is 10.1 Å². The van der Waals surface area contributed by atoms with Crippen molar-refractivity contribution >= 4 is 0 Å². The lowest BCUT2D eigenvalue weighted by Crippen LogP contribution is -2.45. The first-order valence-corrected chi connectivity index (χ1v) is 5.31. The quantitative estimate of drug-likeness (QED) is 0.714. The summed E-state index contributed by atoms with van der Waals surface area (Å²) < 4.78 is 5.27. The van der Waals surface area contributed by atoms with Crippen LogP contribution in [0.3, 0.4) is 0 Å². The molecule has 0 aliphatic carbocycles. The Morgan fingerprint density at radius 3 is 2.31 bits per heavy atom. The summed E-state index contributed by atoms with van der Waals surface area (Å²) in [5.74, 6) is 0. The van der Waals surface area contributed by atoms with Gasteiger partial charge in [0.2, 0.25) is 0 Å². The van der Waals surface area contributed by atoms with Crippen LogP contribution in [0.25, 0.3) is 0 Å². The molecule has 0 aromatic carbocycles. The van der Waals surface area contributed by atoms with E-state index in [2.05, 4.69) is 17.1 Å². The summed E-state index contributed by atoms with van der Waals surface area (Å²) in [4.78, 5) is 2.46. The molecule has 1 atom stereocenters. The zero-order valence-electron chi connectivity index (χ0n) is 9.47. The Morgan fingerprint density at radius 1 is 1.31 bits per heavy atom. The van der Waals surface area contributed by atoms with Gasteiger partial charge in [-0.25, -0.2) is 0 Å². The number of nitrogens with one attached hydrogen (secondary N) is 1. The summed E-state index contributed by atoms with van der Waals surface area (Å²) in [6.07, 6.45) is 0. The van der Waals surface area contributed by atoms with E-state index in [9.17, 15) is 0 Å². The molecule has 3 nitrogen and oxygen atoms in total. The monoisotopic (exact) mass is 188 g/mol. The molecule has 0 radical (unpaired) electrons. The zero-order valence-corrected chi connectivity index (χ0v) is 9.47. The van der Waals surface area contributed by atoms with Crippen LogP contribution in [0, 0.1) is 0 Å². The predicted molar refractivity (Wildman–Crippen MR) is 57.1 cm³/mol. The molecule has 3 heteroatoms. The molecule has 0 aromatic heterocycles. The molecule has 1 heterocycles. The third-order valence-electron chi connectivity index (χ3n) is 2.17. The molecule has 0 saturated carbocycles. The molecule has 0 aromatic rings. The molecule has 1 saturated heterocycles. The van der Waals surface area contributed by atoms with Gasteiger partial charge in [-0.1, -0.05) is 13.8 Å². The zero-order chi connectivity index (χ0) is 10.1. The van der Waals surface area contributed by atoms with E-state index in [0.717, 1.165) is 32.8 Å². The van der Waals surface area contributed by atoms with Crippen LogP contribution in [0.5, 0.6) is 0 Å². The predicted octanol–water partition coefficient (Wildman–Crippen LogP) is 0.953. The Bertz CT molecular complexity index is 103. The third kappa shape index (κ3) is 5.24. The fraction of sp³-hybridized carbons (Fsp3) is 1.00. The molecule has 13 heavy (non-hydrogen) atoms. The lowest BCUT2D eigenvalue weighted by Gasteiger charge is -2.32. The molecule has 0 spiro atoms. The third-order valence-corrected chi connectivity index (χ3v) is 2.17. The standard InChI is InChI=1S/C8H18N2O.C2H6/c1-8(7-9-2)10-3-5-11-6-4-10;1-2/h8-9H,3-7H2,1-2H3;1-2H3. The van der Waals surface area contributed by atoms with E-state index in [4.69, 9.17) is 4.74 Å². The fourth-order valence-corrected chi connectivity index (χ4v) is 1.44. The highest BCUT2D eigenvalue weighted by Crippen LogP contribution is 2.01. The number of rotatable bonds is 3. The van der Waals surface area contributed by atoms with Crippen LogP contribution in [-0.4, -0.2) is 50.8 Å². The first kappa shape index (κ1) is 12.9. The summed E-state index contributed by atoms with van der Waals surface area (Å²) in [5.41, 5.74) is 0. The van der Waals surface area contributed by atoms with E-state index in [0.29, 0.717) is 6.04 Å². The van der Waals surface area contributed by atoms with Crippen LogP contribution in [0.4, 0.5) is 0 Å². The molecular weight excluding hydrogens is 164 g/mol. The maximum atomic E-state index is 5.27. The normalized spacial score (nSPS) is 20.3. The van der Waals surface area contributed by atoms with E-state index in [1.54, 1.807) is 0 Å². The van der Waals surface area contributed by atoms with Crippen molar-refractivity contribution in [2.45, 2.75) is 26.8 Å². The Kier molecular flexibility index (Phi) is 8.40. The second kappa shape index (κ2) is 8.48. The number of nitrogens with zero attached hydrogens (tertiary/aromatic N) is 1. The molecule has 1 aliphatic heterocycles. The van der Waals surface area contributed by atoms with Gasteiger partial charge in [-0.2, -0.15) is 0 Å². The van der Waals surface area contributed by atoms with Crippen LogP contribution in [0.15, 0.2) is 0 Å². The largest absolute Gasteiger partial charge is 0.379 e. The molecule has 1 rings (SSSR count). The molecule has 1 unspecified atom stereocenters. The second-order valence-corrected chi connectivity index (χ2v) is 3.06. The highest BCUT2D eigenvalue weighted by molar-refractivity contribution is 4.70. The number of hydrogen-bond donors (Lipinski definition) is 1. The topological polar surface area (TPSA) is 24.5 Å². The maximum absolute atomic E-state index is 5.27. The van der Waals surface area contributed by atoms with E-state index >= 15 is 0 Å². The number of morpholine rings is 1. The number of ether oxygens (including phenoxy) is 1. The molecular formula is C10H24N2O. The minimum absolute atomic E-state index is 0.642. The van der Waals surface area contributed by atoms with Crippen molar-refractivity contribution in [3.05, 3.63) is 0 Å². The minimum Gasteiger partial charge on any atom is -0.379 e. The van der Waals surface area contributed by atoms with Crippen molar-refractivity contribution in [2.75, 3.05) is 39.9 Å². The van der Waals surface area contributed by atoms with E-state index in [-0.39, 0.29) is 0 Å². The van der Waals surface area contributed by atoms with Crippen LogP contribution in [-0.2, 0) is 4.74 Å².